The Morgan fingerprint density at radius 2 is 1.33 bits per heavy atom. The van der Waals surface area contributed by atoms with Gasteiger partial charge in [0.25, 0.3) is 0 Å². The zero-order valence-corrected chi connectivity index (χ0v) is 19.8. The van der Waals surface area contributed by atoms with Crippen LogP contribution in [-0.4, -0.2) is 11.1 Å². The molecule has 9 aliphatic rings. The summed E-state index contributed by atoms with van der Waals surface area (Å²) in [4.78, 5) is 0. The highest BCUT2D eigenvalue weighted by Gasteiger charge is 2.66. The molecule has 9 aliphatic carbocycles. The summed E-state index contributed by atoms with van der Waals surface area (Å²) < 4.78 is 0. The van der Waals surface area contributed by atoms with Gasteiger partial charge in [-0.25, -0.2) is 0 Å². The van der Waals surface area contributed by atoms with E-state index in [0.717, 1.165) is 35.0 Å². The van der Waals surface area contributed by atoms with Gasteiger partial charge in [0, 0.05) is 11.1 Å². The lowest BCUT2D eigenvalue weighted by Crippen LogP contribution is -2.72. The summed E-state index contributed by atoms with van der Waals surface area (Å²) in [5.74, 6) is 5.36. The smallest absolute Gasteiger partial charge is 0.0200 e. The van der Waals surface area contributed by atoms with E-state index in [2.05, 4.69) is 6.92 Å². The van der Waals surface area contributed by atoms with Crippen molar-refractivity contribution in [2.75, 3.05) is 0 Å². The van der Waals surface area contributed by atoms with Crippen LogP contribution in [-0.2, 0) is 0 Å². The molecule has 0 saturated heterocycles. The highest BCUT2D eigenvalue weighted by Crippen LogP contribution is 2.72. The normalized spacial score (nSPS) is 56.7. The van der Waals surface area contributed by atoms with Gasteiger partial charge in [-0.3, -0.25) is 0 Å². The maximum Gasteiger partial charge on any atom is 0.0200 e. The van der Waals surface area contributed by atoms with Crippen molar-refractivity contribution in [2.45, 2.75) is 140 Å². The van der Waals surface area contributed by atoms with Crippen LogP contribution in [0.5, 0.6) is 0 Å². The molecule has 4 atom stereocenters. The molecule has 0 heterocycles. The van der Waals surface area contributed by atoms with E-state index in [4.69, 9.17) is 5.32 Å². The van der Waals surface area contributed by atoms with Gasteiger partial charge in [-0.05, 0) is 137 Å². The Morgan fingerprint density at radius 3 is 2.00 bits per heavy atom. The molecule has 0 spiro atoms. The lowest BCUT2D eigenvalue weighted by Gasteiger charge is -2.71. The Bertz CT molecular complexity index is 655. The first-order chi connectivity index (χ1) is 14.5. The molecule has 0 aromatic heterocycles. The van der Waals surface area contributed by atoms with Crippen LogP contribution in [0.2, 0.25) is 0 Å². The van der Waals surface area contributed by atoms with Crippen molar-refractivity contribution in [3.05, 3.63) is 0 Å². The van der Waals surface area contributed by atoms with Gasteiger partial charge in [0.15, 0.2) is 0 Å². The van der Waals surface area contributed by atoms with Crippen LogP contribution in [0.1, 0.15) is 129 Å². The second kappa shape index (κ2) is 6.51. The van der Waals surface area contributed by atoms with Gasteiger partial charge in [0.2, 0.25) is 0 Å². The Labute approximate surface area is 185 Å². The standard InChI is InChI=1S/C29H47N/c1-2-8-26-12-24-13-27(18-26,25-6-4-3-5-7-25)20-29(17-24,19-26)30-28-14-21-9-22(15-28)11-23(10-21)16-28/h21-25,30H,2-20H2,1H3. The fraction of sp³-hybridized carbons (Fsp3) is 1.00. The van der Waals surface area contributed by atoms with Gasteiger partial charge < -0.3 is 5.32 Å². The Morgan fingerprint density at radius 1 is 0.667 bits per heavy atom. The van der Waals surface area contributed by atoms with Crippen LogP contribution < -0.4 is 5.32 Å². The minimum atomic E-state index is 0.525. The predicted octanol–water partition coefficient (Wildman–Crippen LogP) is 7.63. The molecule has 9 fully saturated rings. The minimum Gasteiger partial charge on any atom is -0.306 e. The fourth-order valence-corrected chi connectivity index (χ4v) is 12.7. The first-order valence-electron chi connectivity index (χ1n) is 14.3. The number of hydrogen-bond acceptors (Lipinski definition) is 1. The highest BCUT2D eigenvalue weighted by molar-refractivity contribution is 5.20. The summed E-state index contributed by atoms with van der Waals surface area (Å²) in [6.07, 6.45) is 29.6. The highest BCUT2D eigenvalue weighted by atomic mass is 15.1. The van der Waals surface area contributed by atoms with E-state index in [1.54, 1.807) is 89.9 Å². The number of hydrogen-bond donors (Lipinski definition) is 1. The molecule has 9 rings (SSSR count). The van der Waals surface area contributed by atoms with E-state index in [9.17, 15) is 0 Å². The fourth-order valence-electron chi connectivity index (χ4n) is 12.7. The van der Waals surface area contributed by atoms with Gasteiger partial charge in [-0.2, -0.15) is 0 Å². The van der Waals surface area contributed by atoms with Crippen LogP contribution in [0, 0.1) is 40.4 Å². The molecular weight excluding hydrogens is 362 g/mol. The average molecular weight is 410 g/mol. The number of rotatable bonds is 5. The van der Waals surface area contributed by atoms with Gasteiger partial charge in [-0.1, -0.05) is 32.6 Å². The SMILES string of the molecule is CCCC12CC3CC(NC45CC6CC(CC(C6)C4)C5)(C1)CC(C1CCCCC1)(C3)C2. The summed E-state index contributed by atoms with van der Waals surface area (Å²) in [5, 5.41) is 4.72. The minimum absolute atomic E-state index is 0.525. The molecule has 8 bridgehead atoms. The first kappa shape index (κ1) is 19.4. The Hall–Kier alpha value is -0.0400. The second-order valence-electron chi connectivity index (χ2n) is 14.6. The van der Waals surface area contributed by atoms with E-state index < -0.39 is 0 Å². The van der Waals surface area contributed by atoms with Gasteiger partial charge >= 0.3 is 0 Å². The van der Waals surface area contributed by atoms with Crippen molar-refractivity contribution in [1.29, 1.82) is 0 Å². The van der Waals surface area contributed by atoms with Gasteiger partial charge in [0.1, 0.15) is 0 Å². The van der Waals surface area contributed by atoms with Crippen molar-refractivity contribution >= 4 is 0 Å². The van der Waals surface area contributed by atoms with E-state index in [-0.39, 0.29) is 0 Å². The lowest BCUT2D eigenvalue weighted by molar-refractivity contribution is -0.177. The molecule has 1 N–H and O–H groups in total. The van der Waals surface area contributed by atoms with Crippen LogP contribution in [0.15, 0.2) is 0 Å². The third kappa shape index (κ3) is 2.88. The van der Waals surface area contributed by atoms with Crippen molar-refractivity contribution in [3.63, 3.8) is 0 Å². The van der Waals surface area contributed by atoms with Crippen molar-refractivity contribution in [3.8, 4) is 0 Å². The summed E-state index contributed by atoms with van der Waals surface area (Å²) in [7, 11) is 0. The molecule has 168 valence electrons. The molecule has 0 aliphatic heterocycles. The van der Waals surface area contributed by atoms with E-state index in [1.807, 2.05) is 0 Å². The van der Waals surface area contributed by atoms with E-state index in [0.29, 0.717) is 16.5 Å². The Balaban J connectivity index is 1.23. The molecule has 1 nitrogen and oxygen atoms in total. The molecule has 1 heteroatoms. The van der Waals surface area contributed by atoms with E-state index in [1.165, 1.54) is 32.1 Å². The van der Waals surface area contributed by atoms with Gasteiger partial charge in [-0.15, -0.1) is 0 Å². The molecular formula is C29H47N. The molecule has 4 unspecified atom stereocenters. The van der Waals surface area contributed by atoms with Crippen LogP contribution in [0.25, 0.3) is 0 Å². The van der Waals surface area contributed by atoms with Crippen molar-refractivity contribution in [1.82, 2.24) is 5.32 Å². The third-order valence-corrected chi connectivity index (χ3v) is 12.0. The monoisotopic (exact) mass is 409 g/mol. The summed E-state index contributed by atoms with van der Waals surface area (Å²) in [6.45, 7) is 2.48. The molecule has 9 saturated carbocycles. The summed E-state index contributed by atoms with van der Waals surface area (Å²) >= 11 is 0. The van der Waals surface area contributed by atoms with Crippen molar-refractivity contribution in [2.24, 2.45) is 40.4 Å². The van der Waals surface area contributed by atoms with Gasteiger partial charge in [0.05, 0.1) is 0 Å². The summed E-state index contributed by atoms with van der Waals surface area (Å²) in [5.41, 5.74) is 2.52. The topological polar surface area (TPSA) is 12.0 Å². The zero-order valence-electron chi connectivity index (χ0n) is 19.8. The molecule has 0 radical (unpaired) electrons. The van der Waals surface area contributed by atoms with Crippen molar-refractivity contribution < 1.29 is 0 Å². The average Bonchev–Trinajstić information content (AvgIpc) is 2.65. The molecule has 0 amide bonds. The summed E-state index contributed by atoms with van der Waals surface area (Å²) in [6, 6.07) is 0. The molecule has 0 aromatic carbocycles. The lowest BCUT2D eigenvalue weighted by atomic mass is 9.38. The second-order valence-corrected chi connectivity index (χ2v) is 14.6. The maximum absolute atomic E-state index is 4.72. The predicted molar refractivity (Wildman–Crippen MR) is 124 cm³/mol. The van der Waals surface area contributed by atoms with Crippen LogP contribution in [0.3, 0.4) is 0 Å². The zero-order chi connectivity index (χ0) is 20.0. The Kier molecular flexibility index (Phi) is 4.22. The number of nitrogens with one attached hydrogen (secondary N) is 1. The first-order valence-corrected chi connectivity index (χ1v) is 14.3. The van der Waals surface area contributed by atoms with E-state index >= 15 is 0 Å². The molecule has 0 aromatic rings. The third-order valence-electron chi connectivity index (χ3n) is 12.0. The largest absolute Gasteiger partial charge is 0.306 e. The van der Waals surface area contributed by atoms with Crippen LogP contribution in [0.4, 0.5) is 0 Å². The maximum atomic E-state index is 4.72. The molecule has 30 heavy (non-hydrogen) atoms. The quantitative estimate of drug-likeness (QED) is 0.492. The van der Waals surface area contributed by atoms with Crippen LogP contribution >= 0.6 is 0 Å².